The van der Waals surface area contributed by atoms with E-state index in [1.165, 1.54) is 36.3 Å². The predicted octanol–water partition coefficient (Wildman–Crippen LogP) is 4.67. The second-order valence-corrected chi connectivity index (χ2v) is 9.93. The fraction of sp³-hybridized carbons (Fsp3) is 0.458. The van der Waals surface area contributed by atoms with Crippen LogP contribution < -0.4 is 5.32 Å². The van der Waals surface area contributed by atoms with E-state index in [2.05, 4.69) is 22.2 Å². The lowest BCUT2D eigenvalue weighted by molar-refractivity contribution is -0.0203. The molecule has 0 spiro atoms. The van der Waals surface area contributed by atoms with E-state index in [-0.39, 0.29) is 5.82 Å². The Labute approximate surface area is 191 Å². The molecule has 2 aromatic heterocycles. The van der Waals surface area contributed by atoms with E-state index < -0.39 is 5.60 Å². The number of halogens is 1. The van der Waals surface area contributed by atoms with Crippen LogP contribution in [-0.4, -0.2) is 51.1 Å². The molecule has 2 N–H and O–H groups in total. The monoisotopic (exact) mass is 453 g/mol. The highest BCUT2D eigenvalue weighted by Gasteiger charge is 2.37. The van der Waals surface area contributed by atoms with Gasteiger partial charge in [0.2, 0.25) is 5.95 Å². The number of nitrogens with zero attached hydrogens (tertiary/aromatic N) is 4. The zero-order valence-corrected chi connectivity index (χ0v) is 19.0. The van der Waals surface area contributed by atoms with Gasteiger partial charge in [0.15, 0.2) is 0 Å². The third kappa shape index (κ3) is 4.40. The van der Waals surface area contributed by atoms with Crippen molar-refractivity contribution >= 4 is 17.3 Å². The topological polar surface area (TPSA) is 74.2 Å². The summed E-state index contributed by atoms with van der Waals surface area (Å²) in [5, 5.41) is 15.6. The smallest absolute Gasteiger partial charge is 0.223 e. The molecule has 3 heterocycles. The van der Waals surface area contributed by atoms with Crippen molar-refractivity contribution in [3.8, 4) is 21.8 Å². The van der Waals surface area contributed by atoms with E-state index in [1.807, 2.05) is 6.07 Å². The molecule has 0 unspecified atom stereocenters. The third-order valence-electron chi connectivity index (χ3n) is 6.53. The van der Waals surface area contributed by atoms with Crippen LogP contribution in [0.2, 0.25) is 0 Å². The van der Waals surface area contributed by atoms with E-state index >= 15 is 0 Å². The second-order valence-electron chi connectivity index (χ2n) is 8.93. The van der Waals surface area contributed by atoms with Gasteiger partial charge < -0.3 is 15.3 Å². The Hall–Kier alpha value is -2.42. The Morgan fingerprint density at radius 2 is 1.81 bits per heavy atom. The van der Waals surface area contributed by atoms with Gasteiger partial charge >= 0.3 is 0 Å². The van der Waals surface area contributed by atoms with Crippen molar-refractivity contribution in [2.45, 2.75) is 50.2 Å². The van der Waals surface area contributed by atoms with E-state index in [0.717, 1.165) is 47.8 Å². The molecule has 1 aromatic carbocycles. The molecule has 2 fully saturated rings. The van der Waals surface area contributed by atoms with Gasteiger partial charge in [-0.25, -0.2) is 19.3 Å². The molecule has 32 heavy (non-hydrogen) atoms. The molecule has 0 amide bonds. The Balaban J connectivity index is 1.54. The minimum Gasteiger partial charge on any atom is -0.383 e. The zero-order chi connectivity index (χ0) is 22.1. The largest absolute Gasteiger partial charge is 0.383 e. The van der Waals surface area contributed by atoms with Crippen LogP contribution >= 0.6 is 11.3 Å². The number of hydrogen-bond donors (Lipinski definition) is 2. The molecule has 1 saturated heterocycles. The fourth-order valence-electron chi connectivity index (χ4n) is 4.51. The summed E-state index contributed by atoms with van der Waals surface area (Å²) >= 11 is 1.48. The maximum atomic E-state index is 13.6. The number of aliphatic hydroxyl groups is 1. The highest BCUT2D eigenvalue weighted by molar-refractivity contribution is 7.15. The number of nitrogens with one attached hydrogen (secondary N) is 1. The van der Waals surface area contributed by atoms with Crippen molar-refractivity contribution in [3.05, 3.63) is 47.4 Å². The standard InChI is InChI=1S/C24H28FN5OS/c1-30-14-11-24(31,12-15-30)22-29-20(16-6-8-17(25)9-7-16)21(32-22)19-10-13-26-23(28-19)27-18-4-2-3-5-18/h6-10,13,18,31H,2-5,11-12,14-15H2,1H3,(H,26,27,28). The summed E-state index contributed by atoms with van der Waals surface area (Å²) in [6.07, 6.45) is 7.78. The van der Waals surface area contributed by atoms with Gasteiger partial charge in [0, 0.05) is 30.9 Å². The molecule has 3 aromatic rings. The minimum absolute atomic E-state index is 0.287. The SMILES string of the molecule is CN1CCC(O)(c2nc(-c3ccc(F)cc3)c(-c3ccnc(NC4CCCC4)n3)s2)CC1. The maximum Gasteiger partial charge on any atom is 0.223 e. The average molecular weight is 454 g/mol. The number of aromatic nitrogens is 3. The Kier molecular flexibility index (Phi) is 5.92. The minimum atomic E-state index is -0.956. The fourth-order valence-corrected chi connectivity index (χ4v) is 5.71. The van der Waals surface area contributed by atoms with Crippen LogP contribution in [0.5, 0.6) is 0 Å². The van der Waals surface area contributed by atoms with Gasteiger partial charge in [-0.1, -0.05) is 12.8 Å². The average Bonchev–Trinajstić information content (AvgIpc) is 3.47. The molecular formula is C24H28FN5OS. The molecular weight excluding hydrogens is 425 g/mol. The van der Waals surface area contributed by atoms with Crippen molar-refractivity contribution in [1.82, 2.24) is 19.9 Å². The van der Waals surface area contributed by atoms with Crippen molar-refractivity contribution < 1.29 is 9.50 Å². The molecule has 168 valence electrons. The number of thiazole rings is 1. The first kappa shape index (κ1) is 21.4. The third-order valence-corrected chi connectivity index (χ3v) is 7.80. The number of benzene rings is 1. The summed E-state index contributed by atoms with van der Waals surface area (Å²) in [6.45, 7) is 1.64. The molecule has 2 aliphatic rings. The molecule has 1 saturated carbocycles. The van der Waals surface area contributed by atoms with Crippen molar-refractivity contribution in [3.63, 3.8) is 0 Å². The van der Waals surface area contributed by atoms with Crippen molar-refractivity contribution in [1.29, 1.82) is 0 Å². The summed E-state index contributed by atoms with van der Waals surface area (Å²) in [6, 6.07) is 8.64. The van der Waals surface area contributed by atoms with Crippen LogP contribution in [0, 0.1) is 5.82 Å². The van der Waals surface area contributed by atoms with E-state index in [4.69, 9.17) is 9.97 Å². The molecule has 0 bridgehead atoms. The summed E-state index contributed by atoms with van der Waals surface area (Å²) in [7, 11) is 2.07. The summed E-state index contributed by atoms with van der Waals surface area (Å²) in [4.78, 5) is 17.2. The van der Waals surface area contributed by atoms with Crippen molar-refractivity contribution in [2.75, 3.05) is 25.5 Å². The zero-order valence-electron chi connectivity index (χ0n) is 18.2. The summed E-state index contributed by atoms with van der Waals surface area (Å²) in [5.74, 6) is 0.331. The molecule has 0 radical (unpaired) electrons. The number of piperidine rings is 1. The van der Waals surface area contributed by atoms with E-state index in [9.17, 15) is 9.50 Å². The number of rotatable bonds is 5. The van der Waals surface area contributed by atoms with Gasteiger partial charge in [0.1, 0.15) is 16.4 Å². The summed E-state index contributed by atoms with van der Waals surface area (Å²) in [5.41, 5.74) is 1.34. The highest BCUT2D eigenvalue weighted by Crippen LogP contribution is 2.43. The van der Waals surface area contributed by atoms with Crippen LogP contribution in [0.15, 0.2) is 36.5 Å². The number of hydrogen-bond acceptors (Lipinski definition) is 7. The molecule has 1 aliphatic carbocycles. The molecule has 8 heteroatoms. The lowest BCUT2D eigenvalue weighted by Gasteiger charge is -2.34. The first-order valence-electron chi connectivity index (χ1n) is 11.3. The number of anilines is 1. The van der Waals surface area contributed by atoms with E-state index in [0.29, 0.717) is 29.8 Å². The Morgan fingerprint density at radius 1 is 1.09 bits per heavy atom. The number of likely N-dealkylation sites (tertiary alicyclic amines) is 1. The van der Waals surface area contributed by atoms with Crippen LogP contribution in [0.1, 0.15) is 43.5 Å². The lowest BCUT2D eigenvalue weighted by Crippen LogP contribution is -2.40. The molecule has 6 nitrogen and oxygen atoms in total. The molecule has 0 atom stereocenters. The van der Waals surface area contributed by atoms with Gasteiger partial charge in [0.05, 0.1) is 16.3 Å². The first-order chi connectivity index (χ1) is 15.5. The quantitative estimate of drug-likeness (QED) is 0.585. The van der Waals surface area contributed by atoms with Gasteiger partial charge in [0.25, 0.3) is 0 Å². The molecule has 5 rings (SSSR count). The van der Waals surface area contributed by atoms with Crippen LogP contribution in [-0.2, 0) is 5.60 Å². The van der Waals surface area contributed by atoms with Crippen LogP contribution in [0.25, 0.3) is 21.8 Å². The first-order valence-corrected chi connectivity index (χ1v) is 12.1. The summed E-state index contributed by atoms with van der Waals surface area (Å²) < 4.78 is 13.6. The van der Waals surface area contributed by atoms with E-state index in [1.54, 1.807) is 18.3 Å². The normalized spacial score (nSPS) is 19.3. The van der Waals surface area contributed by atoms with Crippen molar-refractivity contribution in [2.24, 2.45) is 0 Å². The van der Waals surface area contributed by atoms with Gasteiger partial charge in [-0.3, -0.25) is 0 Å². The Bertz CT molecular complexity index is 1070. The van der Waals surface area contributed by atoms with Gasteiger partial charge in [-0.15, -0.1) is 11.3 Å². The Morgan fingerprint density at radius 3 is 2.53 bits per heavy atom. The molecule has 1 aliphatic heterocycles. The maximum absolute atomic E-state index is 13.6. The van der Waals surface area contributed by atoms with Gasteiger partial charge in [-0.05, 0) is 63.1 Å². The van der Waals surface area contributed by atoms with Crippen LogP contribution in [0.3, 0.4) is 0 Å². The lowest BCUT2D eigenvalue weighted by atomic mass is 9.92. The highest BCUT2D eigenvalue weighted by atomic mass is 32.1. The van der Waals surface area contributed by atoms with Gasteiger partial charge in [-0.2, -0.15) is 0 Å². The second kappa shape index (κ2) is 8.84. The van der Waals surface area contributed by atoms with Crippen LogP contribution in [0.4, 0.5) is 10.3 Å². The predicted molar refractivity (Wildman–Crippen MR) is 125 cm³/mol.